The van der Waals surface area contributed by atoms with Gasteiger partial charge in [0.25, 0.3) is 5.91 Å². The molecule has 1 amide bonds. The van der Waals surface area contributed by atoms with Crippen molar-refractivity contribution in [2.24, 2.45) is 0 Å². The topological polar surface area (TPSA) is 110 Å². The molecule has 0 aliphatic carbocycles. The molecule has 0 fully saturated rings. The first-order chi connectivity index (χ1) is 19.6. The van der Waals surface area contributed by atoms with E-state index in [1.165, 1.54) is 36.4 Å². The van der Waals surface area contributed by atoms with Gasteiger partial charge in [0.15, 0.2) is 11.6 Å². The van der Waals surface area contributed by atoms with Crippen LogP contribution in [0, 0.1) is 0 Å². The van der Waals surface area contributed by atoms with Crippen LogP contribution in [0.2, 0.25) is 0 Å². The van der Waals surface area contributed by atoms with Crippen molar-refractivity contribution in [1.29, 1.82) is 0 Å². The van der Waals surface area contributed by atoms with E-state index in [0.717, 1.165) is 36.4 Å². The number of carbonyl (C=O) groups excluding carboxylic acids is 3. The third-order valence-electron chi connectivity index (χ3n) is 5.69. The van der Waals surface area contributed by atoms with Crippen molar-refractivity contribution in [3.8, 4) is 5.75 Å². The highest BCUT2D eigenvalue weighted by Gasteiger charge is 2.32. The minimum Gasteiger partial charge on any atom is -0.481 e. The normalized spacial score (nSPS) is 12.3. The summed E-state index contributed by atoms with van der Waals surface area (Å²) >= 11 is -0.359. The molecule has 3 aromatic rings. The molecular formula is C28H21F6NO6S. The summed E-state index contributed by atoms with van der Waals surface area (Å²) < 4.78 is 79.3. The van der Waals surface area contributed by atoms with Gasteiger partial charge in [-0.05, 0) is 65.9 Å². The molecule has 3 aromatic carbocycles. The van der Waals surface area contributed by atoms with Crippen LogP contribution in [0.1, 0.15) is 55.4 Å². The van der Waals surface area contributed by atoms with Gasteiger partial charge in [-0.25, -0.2) is 0 Å². The Bertz CT molecular complexity index is 1420. The van der Waals surface area contributed by atoms with Crippen LogP contribution in [0.5, 0.6) is 5.75 Å². The number of hydrogen-bond donors (Lipinski definition) is 2. The molecule has 42 heavy (non-hydrogen) atoms. The van der Waals surface area contributed by atoms with Crippen LogP contribution in [0.15, 0.2) is 77.7 Å². The van der Waals surface area contributed by atoms with E-state index in [1.807, 2.05) is 0 Å². The summed E-state index contributed by atoms with van der Waals surface area (Å²) in [6.07, 6.45) is -5.70. The first-order valence-electron chi connectivity index (χ1n) is 12.0. The number of amides is 1. The van der Waals surface area contributed by atoms with E-state index in [2.05, 4.69) is 10.1 Å². The van der Waals surface area contributed by atoms with Gasteiger partial charge in [0, 0.05) is 34.6 Å². The molecule has 14 heteroatoms. The molecule has 222 valence electrons. The first-order valence-corrected chi connectivity index (χ1v) is 12.8. The van der Waals surface area contributed by atoms with Crippen molar-refractivity contribution in [3.63, 3.8) is 0 Å². The number of carboxylic acid groups (broad SMARTS) is 1. The Morgan fingerprint density at radius 3 is 1.86 bits per heavy atom. The molecule has 0 radical (unpaired) electrons. The Morgan fingerprint density at radius 1 is 0.786 bits per heavy atom. The number of ether oxygens (including phenoxy) is 1. The largest absolute Gasteiger partial charge is 0.573 e. The molecule has 0 aliphatic heterocycles. The second-order valence-corrected chi connectivity index (χ2v) is 9.85. The average Bonchev–Trinajstić information content (AvgIpc) is 2.90. The highest BCUT2D eigenvalue weighted by molar-refractivity contribution is 8.00. The van der Waals surface area contributed by atoms with Crippen molar-refractivity contribution in [2.45, 2.75) is 35.5 Å². The SMILES string of the molecule is O=C(O)CCNC(=O)c1ccc(C(CC(=O)c2ccc(SC(F)(F)F)cc2)C(=O)c2ccc(OC(F)(F)F)cc2)cc1. The van der Waals surface area contributed by atoms with E-state index >= 15 is 0 Å². The van der Waals surface area contributed by atoms with E-state index in [4.69, 9.17) is 5.11 Å². The molecule has 0 saturated heterocycles. The summed E-state index contributed by atoms with van der Waals surface area (Å²) in [7, 11) is 0. The zero-order chi connectivity index (χ0) is 31.1. The number of aliphatic carboxylic acids is 1. The van der Waals surface area contributed by atoms with Gasteiger partial charge in [-0.2, -0.15) is 13.2 Å². The lowest BCUT2D eigenvalue weighted by molar-refractivity contribution is -0.274. The lowest BCUT2D eigenvalue weighted by Crippen LogP contribution is -2.26. The molecule has 0 saturated carbocycles. The van der Waals surface area contributed by atoms with Crippen LogP contribution >= 0.6 is 11.8 Å². The number of hydrogen-bond acceptors (Lipinski definition) is 6. The summed E-state index contributed by atoms with van der Waals surface area (Å²) in [4.78, 5) is 49.3. The Balaban J connectivity index is 1.86. The second-order valence-electron chi connectivity index (χ2n) is 8.71. The number of carbonyl (C=O) groups is 4. The summed E-state index contributed by atoms with van der Waals surface area (Å²) in [5.74, 6) is -4.68. The Hall–Kier alpha value is -4.33. The smallest absolute Gasteiger partial charge is 0.481 e. The van der Waals surface area contributed by atoms with Gasteiger partial charge in [-0.15, -0.1) is 13.2 Å². The zero-order valence-electron chi connectivity index (χ0n) is 21.3. The quantitative estimate of drug-likeness (QED) is 0.134. The molecule has 0 aromatic heterocycles. The Morgan fingerprint density at radius 2 is 1.33 bits per heavy atom. The lowest BCUT2D eigenvalue weighted by Gasteiger charge is -2.17. The fraction of sp³-hybridized carbons (Fsp3) is 0.214. The van der Waals surface area contributed by atoms with E-state index in [9.17, 15) is 45.5 Å². The van der Waals surface area contributed by atoms with E-state index in [0.29, 0.717) is 0 Å². The maximum absolute atomic E-state index is 13.5. The number of alkyl halides is 6. The monoisotopic (exact) mass is 613 g/mol. The number of Topliss-reactive ketones (excluding diaryl/α,β-unsaturated/α-hetero) is 2. The molecule has 1 atom stereocenters. The maximum Gasteiger partial charge on any atom is 0.573 e. The molecule has 3 rings (SSSR count). The van der Waals surface area contributed by atoms with E-state index in [-0.39, 0.29) is 51.9 Å². The number of benzene rings is 3. The molecule has 0 heterocycles. The van der Waals surface area contributed by atoms with Gasteiger partial charge in [0.1, 0.15) is 5.75 Å². The predicted molar refractivity (Wildman–Crippen MR) is 139 cm³/mol. The van der Waals surface area contributed by atoms with Crippen LogP contribution in [0.4, 0.5) is 26.3 Å². The fourth-order valence-electron chi connectivity index (χ4n) is 3.78. The van der Waals surface area contributed by atoms with Crippen LogP contribution < -0.4 is 10.1 Å². The molecule has 2 N–H and O–H groups in total. The fourth-order valence-corrected chi connectivity index (χ4v) is 4.32. The van der Waals surface area contributed by atoms with Gasteiger partial charge < -0.3 is 15.2 Å². The summed E-state index contributed by atoms with van der Waals surface area (Å²) in [5, 5.41) is 11.1. The number of carboxylic acids is 1. The number of thioether (sulfide) groups is 1. The minimum absolute atomic E-state index is 0.0303. The van der Waals surface area contributed by atoms with Gasteiger partial charge in [-0.1, -0.05) is 24.3 Å². The van der Waals surface area contributed by atoms with Crippen LogP contribution in [0.3, 0.4) is 0 Å². The Kier molecular flexibility index (Phi) is 10.4. The van der Waals surface area contributed by atoms with Crippen molar-refractivity contribution < 1.29 is 55.4 Å². The van der Waals surface area contributed by atoms with Crippen LogP contribution in [-0.4, -0.2) is 47.0 Å². The zero-order valence-corrected chi connectivity index (χ0v) is 22.1. The molecule has 7 nitrogen and oxygen atoms in total. The molecule has 0 spiro atoms. The van der Waals surface area contributed by atoms with Crippen LogP contribution in [-0.2, 0) is 4.79 Å². The number of rotatable bonds is 12. The van der Waals surface area contributed by atoms with Crippen molar-refractivity contribution in [3.05, 3.63) is 95.1 Å². The summed E-state index contributed by atoms with van der Waals surface area (Å²) in [6.45, 7) is -0.125. The third-order valence-corrected chi connectivity index (χ3v) is 6.43. The van der Waals surface area contributed by atoms with Crippen molar-refractivity contribution in [2.75, 3.05) is 6.54 Å². The third kappa shape index (κ3) is 9.94. The average molecular weight is 614 g/mol. The Labute approximate surface area is 238 Å². The predicted octanol–water partition coefficient (Wildman–Crippen LogP) is 6.64. The number of halogens is 6. The molecular weight excluding hydrogens is 592 g/mol. The minimum atomic E-state index is -4.95. The number of nitrogens with one attached hydrogen (secondary N) is 1. The first kappa shape index (κ1) is 32.2. The highest BCUT2D eigenvalue weighted by Crippen LogP contribution is 2.37. The second kappa shape index (κ2) is 13.6. The van der Waals surface area contributed by atoms with Gasteiger partial charge in [0.2, 0.25) is 0 Å². The standard InChI is InChI=1S/C28H21F6NO6S/c29-27(30,31)41-20-9-5-18(6-10-20)25(39)22(15-23(36)17-7-11-21(12-8-17)42-28(32,33)34)16-1-3-19(4-2-16)26(40)35-14-13-24(37)38/h1-12,22H,13-15H2,(H,35,40)(H,37,38). The van der Waals surface area contributed by atoms with E-state index < -0.39 is 53.4 Å². The molecule has 0 bridgehead atoms. The van der Waals surface area contributed by atoms with Crippen molar-refractivity contribution in [1.82, 2.24) is 5.32 Å². The lowest BCUT2D eigenvalue weighted by atomic mass is 9.85. The van der Waals surface area contributed by atoms with Crippen LogP contribution in [0.25, 0.3) is 0 Å². The van der Waals surface area contributed by atoms with E-state index in [1.54, 1.807) is 0 Å². The molecule has 1 unspecified atom stereocenters. The van der Waals surface area contributed by atoms with Gasteiger partial charge >= 0.3 is 17.8 Å². The van der Waals surface area contributed by atoms with Crippen molar-refractivity contribution >= 4 is 35.2 Å². The van der Waals surface area contributed by atoms with Gasteiger partial charge in [0.05, 0.1) is 12.3 Å². The van der Waals surface area contributed by atoms with Gasteiger partial charge in [-0.3, -0.25) is 19.2 Å². The summed E-state index contributed by atoms with van der Waals surface area (Å²) in [6, 6.07) is 14.1. The highest BCUT2D eigenvalue weighted by atomic mass is 32.2. The summed E-state index contributed by atoms with van der Waals surface area (Å²) in [5.41, 5.74) is -4.14. The number of ketones is 2. The maximum atomic E-state index is 13.5. The molecule has 0 aliphatic rings.